The van der Waals surface area contributed by atoms with Crippen LogP contribution < -0.4 is 5.73 Å². The molecule has 5 heteroatoms. The zero-order valence-corrected chi connectivity index (χ0v) is 12.6. The van der Waals surface area contributed by atoms with E-state index in [1.54, 1.807) is 11.8 Å². The molecule has 0 aromatic carbocycles. The molecule has 0 spiro atoms. The SMILES string of the molecule is CC(N)Cc1c(SCC2CCCO2)nc2ccccn12. The standard InChI is InChI=1S/C15H21N3OS/c1-11(16)9-13-15(20-10-12-5-4-8-19-12)17-14-6-2-3-7-18(13)14/h2-3,6-7,11-12H,4-5,8-10,16H2,1H3. The Hall–Kier alpha value is -1.04. The molecule has 0 radical (unpaired) electrons. The van der Waals surface area contributed by atoms with Crippen molar-refractivity contribution in [1.82, 2.24) is 9.38 Å². The van der Waals surface area contributed by atoms with Gasteiger partial charge in [-0.25, -0.2) is 4.98 Å². The lowest BCUT2D eigenvalue weighted by atomic mass is 10.2. The lowest BCUT2D eigenvalue weighted by molar-refractivity contribution is 0.129. The molecule has 0 saturated carbocycles. The summed E-state index contributed by atoms with van der Waals surface area (Å²) in [6.45, 7) is 2.94. The van der Waals surface area contributed by atoms with Gasteiger partial charge in [-0.05, 0) is 31.9 Å². The van der Waals surface area contributed by atoms with Crippen molar-refractivity contribution in [1.29, 1.82) is 0 Å². The molecule has 3 heterocycles. The average Bonchev–Trinajstić information content (AvgIpc) is 3.04. The molecule has 0 amide bonds. The first-order valence-corrected chi connectivity index (χ1v) is 8.18. The second-order valence-electron chi connectivity index (χ2n) is 5.42. The van der Waals surface area contributed by atoms with E-state index in [1.807, 2.05) is 25.1 Å². The van der Waals surface area contributed by atoms with Gasteiger partial charge in [0.25, 0.3) is 0 Å². The predicted molar refractivity (Wildman–Crippen MR) is 82.2 cm³/mol. The number of pyridine rings is 1. The van der Waals surface area contributed by atoms with E-state index in [4.69, 9.17) is 15.5 Å². The van der Waals surface area contributed by atoms with Gasteiger partial charge in [-0.3, -0.25) is 0 Å². The number of nitrogens with two attached hydrogens (primary N) is 1. The summed E-state index contributed by atoms with van der Waals surface area (Å²) < 4.78 is 7.84. The van der Waals surface area contributed by atoms with Gasteiger partial charge in [-0.1, -0.05) is 6.07 Å². The fourth-order valence-corrected chi connectivity index (χ4v) is 3.69. The second kappa shape index (κ2) is 6.16. The number of nitrogens with zero attached hydrogens (tertiary/aromatic N) is 2. The van der Waals surface area contributed by atoms with Gasteiger partial charge in [0.1, 0.15) is 10.7 Å². The minimum Gasteiger partial charge on any atom is -0.377 e. The first-order chi connectivity index (χ1) is 9.74. The van der Waals surface area contributed by atoms with Crippen LogP contribution in [0.2, 0.25) is 0 Å². The molecule has 3 rings (SSSR count). The van der Waals surface area contributed by atoms with Gasteiger partial charge in [0.2, 0.25) is 0 Å². The summed E-state index contributed by atoms with van der Waals surface area (Å²) in [6, 6.07) is 6.23. The lowest BCUT2D eigenvalue weighted by Crippen LogP contribution is -2.19. The van der Waals surface area contributed by atoms with E-state index < -0.39 is 0 Å². The smallest absolute Gasteiger partial charge is 0.138 e. The van der Waals surface area contributed by atoms with E-state index in [0.29, 0.717) is 6.10 Å². The molecule has 1 aliphatic rings. The zero-order chi connectivity index (χ0) is 13.9. The van der Waals surface area contributed by atoms with Gasteiger partial charge in [0, 0.05) is 31.0 Å². The molecule has 20 heavy (non-hydrogen) atoms. The van der Waals surface area contributed by atoms with Crippen LogP contribution in [0.3, 0.4) is 0 Å². The van der Waals surface area contributed by atoms with Crippen molar-refractivity contribution in [2.45, 2.75) is 43.4 Å². The van der Waals surface area contributed by atoms with Crippen LogP contribution in [0.5, 0.6) is 0 Å². The van der Waals surface area contributed by atoms with E-state index in [1.165, 1.54) is 18.5 Å². The first kappa shape index (κ1) is 13.9. The Morgan fingerprint density at radius 2 is 2.45 bits per heavy atom. The van der Waals surface area contributed by atoms with E-state index in [2.05, 4.69) is 10.6 Å². The minimum absolute atomic E-state index is 0.136. The maximum atomic E-state index is 5.99. The highest BCUT2D eigenvalue weighted by atomic mass is 32.2. The molecule has 2 unspecified atom stereocenters. The Morgan fingerprint density at radius 1 is 1.55 bits per heavy atom. The summed E-state index contributed by atoms with van der Waals surface area (Å²) >= 11 is 1.80. The summed E-state index contributed by atoms with van der Waals surface area (Å²) in [5.41, 5.74) is 8.21. The Balaban J connectivity index is 1.83. The summed E-state index contributed by atoms with van der Waals surface area (Å²) in [5, 5.41) is 1.10. The molecule has 108 valence electrons. The molecular formula is C15H21N3OS. The topological polar surface area (TPSA) is 52.5 Å². The number of rotatable bonds is 5. The maximum Gasteiger partial charge on any atom is 0.138 e. The third-order valence-corrected chi connectivity index (χ3v) is 4.68. The third-order valence-electron chi connectivity index (χ3n) is 3.54. The van der Waals surface area contributed by atoms with Crippen molar-refractivity contribution in [3.05, 3.63) is 30.1 Å². The lowest BCUT2D eigenvalue weighted by Gasteiger charge is -2.10. The van der Waals surface area contributed by atoms with Gasteiger partial charge in [0.05, 0.1) is 11.8 Å². The molecule has 1 fully saturated rings. The Morgan fingerprint density at radius 3 is 3.20 bits per heavy atom. The molecular weight excluding hydrogens is 270 g/mol. The van der Waals surface area contributed by atoms with Crippen LogP contribution >= 0.6 is 11.8 Å². The molecule has 2 N–H and O–H groups in total. The summed E-state index contributed by atoms with van der Waals surface area (Å²) in [7, 11) is 0. The molecule has 0 bridgehead atoms. The van der Waals surface area contributed by atoms with Gasteiger partial charge in [-0.15, -0.1) is 11.8 Å². The van der Waals surface area contributed by atoms with Crippen LogP contribution in [0.15, 0.2) is 29.4 Å². The molecule has 1 saturated heterocycles. The average molecular weight is 291 g/mol. The molecule has 2 aromatic heterocycles. The highest BCUT2D eigenvalue weighted by molar-refractivity contribution is 7.99. The van der Waals surface area contributed by atoms with Crippen LogP contribution in [0.25, 0.3) is 5.65 Å². The molecule has 4 nitrogen and oxygen atoms in total. The largest absolute Gasteiger partial charge is 0.377 e. The Kier molecular flexibility index (Phi) is 4.29. The van der Waals surface area contributed by atoms with Crippen LogP contribution in [0.1, 0.15) is 25.5 Å². The summed E-state index contributed by atoms with van der Waals surface area (Å²) in [5.74, 6) is 0.982. The van der Waals surface area contributed by atoms with E-state index in [9.17, 15) is 0 Å². The van der Waals surface area contributed by atoms with Crippen molar-refractivity contribution in [2.75, 3.05) is 12.4 Å². The monoisotopic (exact) mass is 291 g/mol. The number of fused-ring (bicyclic) bond motifs is 1. The molecule has 0 aliphatic carbocycles. The second-order valence-corrected chi connectivity index (χ2v) is 6.43. The number of thioether (sulfide) groups is 1. The fraction of sp³-hybridized carbons (Fsp3) is 0.533. The van der Waals surface area contributed by atoms with Crippen molar-refractivity contribution in [3.8, 4) is 0 Å². The summed E-state index contributed by atoms with van der Waals surface area (Å²) in [4.78, 5) is 4.74. The molecule has 1 aliphatic heterocycles. The molecule has 2 aromatic rings. The summed E-state index contributed by atoms with van der Waals surface area (Å²) in [6.07, 6.45) is 5.65. The number of ether oxygens (including phenoxy) is 1. The van der Waals surface area contributed by atoms with Crippen LogP contribution in [-0.2, 0) is 11.2 Å². The van der Waals surface area contributed by atoms with Crippen molar-refractivity contribution in [2.24, 2.45) is 5.73 Å². The fourth-order valence-electron chi connectivity index (χ4n) is 2.58. The van der Waals surface area contributed by atoms with Crippen molar-refractivity contribution >= 4 is 17.4 Å². The van der Waals surface area contributed by atoms with Gasteiger partial charge in [-0.2, -0.15) is 0 Å². The van der Waals surface area contributed by atoms with Crippen molar-refractivity contribution in [3.63, 3.8) is 0 Å². The normalized spacial score (nSPS) is 20.6. The third kappa shape index (κ3) is 3.00. The maximum absolute atomic E-state index is 5.99. The molecule has 2 atom stereocenters. The number of hydrogen-bond acceptors (Lipinski definition) is 4. The Bertz CT molecular complexity index is 576. The minimum atomic E-state index is 0.136. The number of hydrogen-bond donors (Lipinski definition) is 1. The Labute approximate surface area is 123 Å². The quantitative estimate of drug-likeness (QED) is 0.860. The number of imidazole rings is 1. The van der Waals surface area contributed by atoms with Gasteiger partial charge in [0.15, 0.2) is 0 Å². The van der Waals surface area contributed by atoms with E-state index in [-0.39, 0.29) is 6.04 Å². The van der Waals surface area contributed by atoms with E-state index >= 15 is 0 Å². The van der Waals surface area contributed by atoms with Gasteiger partial charge >= 0.3 is 0 Å². The van der Waals surface area contributed by atoms with Crippen LogP contribution in [0, 0.1) is 0 Å². The van der Waals surface area contributed by atoms with Crippen LogP contribution in [0.4, 0.5) is 0 Å². The van der Waals surface area contributed by atoms with Gasteiger partial charge < -0.3 is 14.9 Å². The predicted octanol–water partition coefficient (Wildman–Crippen LogP) is 2.50. The van der Waals surface area contributed by atoms with Crippen molar-refractivity contribution < 1.29 is 4.74 Å². The number of aromatic nitrogens is 2. The first-order valence-electron chi connectivity index (χ1n) is 7.20. The zero-order valence-electron chi connectivity index (χ0n) is 11.8. The highest BCUT2D eigenvalue weighted by Gasteiger charge is 2.19. The van der Waals surface area contributed by atoms with Crippen LogP contribution in [-0.4, -0.2) is 33.9 Å². The highest BCUT2D eigenvalue weighted by Crippen LogP contribution is 2.27. The van der Waals surface area contributed by atoms with E-state index in [0.717, 1.165) is 29.5 Å².